The molecular weight excluding hydrogens is 420 g/mol. The molecule has 31 heavy (non-hydrogen) atoms. The zero-order chi connectivity index (χ0) is 22.1. The molecule has 0 fully saturated rings. The number of carbonyl (C=O) groups excluding carboxylic acids is 1. The van der Waals surface area contributed by atoms with Gasteiger partial charge in [-0.1, -0.05) is 0 Å². The third kappa shape index (κ3) is 4.10. The number of fused-ring (bicyclic) bond motifs is 1. The van der Waals surface area contributed by atoms with Crippen molar-refractivity contribution in [1.29, 1.82) is 0 Å². The molecule has 1 N–H and O–H groups in total. The van der Waals surface area contributed by atoms with Gasteiger partial charge in [0.05, 0.1) is 27.9 Å². The number of aromatic nitrogens is 6. The van der Waals surface area contributed by atoms with Crippen LogP contribution in [0.1, 0.15) is 30.2 Å². The maximum absolute atomic E-state index is 12.7. The van der Waals surface area contributed by atoms with Gasteiger partial charge in [0.25, 0.3) is 11.6 Å². The Hall–Kier alpha value is -3.80. The minimum atomic E-state index is -0.524. The Morgan fingerprint density at radius 3 is 2.74 bits per heavy atom. The minimum absolute atomic E-state index is 0.156. The first-order valence-corrected chi connectivity index (χ1v) is 10.1. The van der Waals surface area contributed by atoms with Crippen LogP contribution in [0.25, 0.3) is 11.0 Å². The normalized spacial score (nSPS) is 11.2. The zero-order valence-electron chi connectivity index (χ0n) is 16.9. The van der Waals surface area contributed by atoms with Gasteiger partial charge < -0.3 is 9.88 Å². The average molecular weight is 438 g/mol. The summed E-state index contributed by atoms with van der Waals surface area (Å²) in [4.78, 5) is 28.5. The van der Waals surface area contributed by atoms with Gasteiger partial charge >= 0.3 is 0 Å². The van der Waals surface area contributed by atoms with E-state index in [4.69, 9.17) is 0 Å². The summed E-state index contributed by atoms with van der Waals surface area (Å²) >= 11 is 1.10. The molecular formula is C19H18N8O3S. The SMILES string of the molecule is CC(C)n1ncc2cc(NC(=O)c3ccc(Sc4nncn4C)c([N+](=O)[O-])c3)cnc21. The molecule has 0 bridgehead atoms. The van der Waals surface area contributed by atoms with Crippen molar-refractivity contribution >= 4 is 40.1 Å². The number of hydrogen-bond donors (Lipinski definition) is 1. The first-order chi connectivity index (χ1) is 14.8. The molecule has 0 spiro atoms. The number of nitro benzene ring substituents is 1. The lowest BCUT2D eigenvalue weighted by molar-refractivity contribution is -0.387. The lowest BCUT2D eigenvalue weighted by Crippen LogP contribution is -2.12. The van der Waals surface area contributed by atoms with Crippen molar-refractivity contribution in [3.05, 3.63) is 58.7 Å². The maximum atomic E-state index is 12.7. The van der Waals surface area contributed by atoms with Crippen molar-refractivity contribution in [2.75, 3.05) is 5.32 Å². The molecule has 12 heteroatoms. The third-order valence-electron chi connectivity index (χ3n) is 4.47. The van der Waals surface area contributed by atoms with Crippen LogP contribution in [-0.2, 0) is 7.05 Å². The number of nitro groups is 1. The lowest BCUT2D eigenvalue weighted by Gasteiger charge is -2.08. The van der Waals surface area contributed by atoms with Gasteiger partial charge in [-0.15, -0.1) is 10.2 Å². The quantitative estimate of drug-likeness (QED) is 0.357. The average Bonchev–Trinajstić information content (AvgIpc) is 3.34. The summed E-state index contributed by atoms with van der Waals surface area (Å²) in [7, 11) is 1.74. The zero-order valence-corrected chi connectivity index (χ0v) is 17.7. The van der Waals surface area contributed by atoms with Gasteiger partial charge in [0, 0.05) is 30.1 Å². The number of benzene rings is 1. The van der Waals surface area contributed by atoms with Gasteiger partial charge in [0.2, 0.25) is 0 Å². The van der Waals surface area contributed by atoms with E-state index < -0.39 is 10.8 Å². The van der Waals surface area contributed by atoms with E-state index in [9.17, 15) is 14.9 Å². The first-order valence-electron chi connectivity index (χ1n) is 9.28. The van der Waals surface area contributed by atoms with Crippen LogP contribution in [-0.4, -0.2) is 40.4 Å². The van der Waals surface area contributed by atoms with Gasteiger partial charge in [0.1, 0.15) is 6.33 Å². The molecule has 0 unspecified atom stereocenters. The van der Waals surface area contributed by atoms with Crippen LogP contribution >= 0.6 is 11.8 Å². The topological polar surface area (TPSA) is 134 Å². The number of rotatable bonds is 6. The molecule has 158 valence electrons. The summed E-state index contributed by atoms with van der Waals surface area (Å²) in [6.45, 7) is 4.01. The summed E-state index contributed by atoms with van der Waals surface area (Å²) in [6.07, 6.45) is 4.72. The Labute approximate surface area is 180 Å². The van der Waals surface area contributed by atoms with E-state index in [1.807, 2.05) is 13.8 Å². The van der Waals surface area contributed by atoms with Crippen LogP contribution in [0.4, 0.5) is 11.4 Å². The van der Waals surface area contributed by atoms with Crippen molar-refractivity contribution < 1.29 is 9.72 Å². The number of nitrogens with one attached hydrogen (secondary N) is 1. The van der Waals surface area contributed by atoms with Gasteiger partial charge in [0.15, 0.2) is 10.8 Å². The second-order valence-electron chi connectivity index (χ2n) is 7.04. The van der Waals surface area contributed by atoms with Crippen LogP contribution < -0.4 is 5.32 Å². The van der Waals surface area contributed by atoms with Crippen LogP contribution in [0, 0.1) is 10.1 Å². The van der Waals surface area contributed by atoms with E-state index >= 15 is 0 Å². The molecule has 1 aromatic carbocycles. The van der Waals surface area contributed by atoms with E-state index in [-0.39, 0.29) is 17.3 Å². The largest absolute Gasteiger partial charge is 0.321 e. The van der Waals surface area contributed by atoms with Crippen molar-refractivity contribution in [2.24, 2.45) is 7.05 Å². The van der Waals surface area contributed by atoms with Crippen molar-refractivity contribution in [3.63, 3.8) is 0 Å². The van der Waals surface area contributed by atoms with E-state index in [0.29, 0.717) is 21.4 Å². The van der Waals surface area contributed by atoms with Gasteiger partial charge in [-0.2, -0.15) is 5.10 Å². The molecule has 0 atom stereocenters. The molecule has 4 rings (SSSR count). The Balaban J connectivity index is 1.58. The fourth-order valence-corrected chi connectivity index (χ4v) is 3.79. The fraction of sp³-hybridized carbons (Fsp3) is 0.211. The van der Waals surface area contributed by atoms with Crippen molar-refractivity contribution in [1.82, 2.24) is 29.5 Å². The second-order valence-corrected chi connectivity index (χ2v) is 8.05. The molecule has 0 aliphatic rings. The standard InChI is InChI=1S/C19H18N8O3S/c1-11(2)26-17-13(8-22-26)6-14(9-20-17)23-18(28)12-4-5-16(15(7-12)27(29)30)31-19-24-21-10-25(19)3/h4-11H,1-3H3,(H,23,28). The Morgan fingerprint density at radius 2 is 2.06 bits per heavy atom. The summed E-state index contributed by atoms with van der Waals surface area (Å²) < 4.78 is 3.44. The number of anilines is 1. The molecule has 11 nitrogen and oxygen atoms in total. The van der Waals surface area contributed by atoms with Gasteiger partial charge in [-0.05, 0) is 43.8 Å². The first kappa shape index (κ1) is 20.5. The summed E-state index contributed by atoms with van der Waals surface area (Å²) in [6, 6.07) is 6.23. The molecule has 1 amide bonds. The lowest BCUT2D eigenvalue weighted by atomic mass is 10.2. The predicted molar refractivity (Wildman–Crippen MR) is 114 cm³/mol. The number of nitrogens with zero attached hydrogens (tertiary/aromatic N) is 7. The highest BCUT2D eigenvalue weighted by molar-refractivity contribution is 7.99. The molecule has 0 radical (unpaired) electrons. The Bertz CT molecular complexity index is 1300. The van der Waals surface area contributed by atoms with Gasteiger partial charge in [-0.3, -0.25) is 14.9 Å². The molecule has 0 saturated heterocycles. The number of pyridine rings is 1. The van der Waals surface area contributed by atoms with Crippen molar-refractivity contribution in [3.8, 4) is 0 Å². The third-order valence-corrected chi connectivity index (χ3v) is 5.59. The van der Waals surface area contributed by atoms with Crippen LogP contribution in [0.2, 0.25) is 0 Å². The van der Waals surface area contributed by atoms with E-state index in [0.717, 1.165) is 17.1 Å². The second kappa shape index (κ2) is 8.14. The fourth-order valence-electron chi connectivity index (χ4n) is 2.94. The molecule has 0 saturated carbocycles. The van der Waals surface area contributed by atoms with Crippen LogP contribution in [0.15, 0.2) is 53.0 Å². The Kier molecular flexibility index (Phi) is 5.38. The number of amides is 1. The van der Waals surface area contributed by atoms with Crippen LogP contribution in [0.3, 0.4) is 0 Å². The summed E-state index contributed by atoms with van der Waals surface area (Å²) in [5.41, 5.74) is 1.16. The van der Waals surface area contributed by atoms with E-state index in [1.165, 1.54) is 30.7 Å². The number of hydrogen-bond acceptors (Lipinski definition) is 8. The van der Waals surface area contributed by atoms with Crippen LogP contribution in [0.5, 0.6) is 0 Å². The summed E-state index contributed by atoms with van der Waals surface area (Å²) in [5.74, 6) is -0.476. The highest BCUT2D eigenvalue weighted by atomic mass is 32.2. The van der Waals surface area contributed by atoms with Crippen molar-refractivity contribution in [2.45, 2.75) is 29.9 Å². The Morgan fingerprint density at radius 1 is 1.26 bits per heavy atom. The molecule has 0 aliphatic carbocycles. The minimum Gasteiger partial charge on any atom is -0.321 e. The highest BCUT2D eigenvalue weighted by Gasteiger charge is 2.20. The summed E-state index contributed by atoms with van der Waals surface area (Å²) in [5, 5.41) is 27.6. The molecule has 3 heterocycles. The monoisotopic (exact) mass is 438 g/mol. The highest BCUT2D eigenvalue weighted by Crippen LogP contribution is 2.34. The van der Waals surface area contributed by atoms with Gasteiger partial charge in [-0.25, -0.2) is 9.67 Å². The maximum Gasteiger partial charge on any atom is 0.284 e. The predicted octanol–water partition coefficient (Wildman–Crippen LogP) is 3.45. The number of aryl methyl sites for hydroxylation is 1. The molecule has 4 aromatic rings. The molecule has 3 aromatic heterocycles. The number of carbonyl (C=O) groups is 1. The molecule has 0 aliphatic heterocycles. The van der Waals surface area contributed by atoms with E-state index in [1.54, 1.807) is 28.6 Å². The smallest absolute Gasteiger partial charge is 0.284 e. The van der Waals surface area contributed by atoms with E-state index in [2.05, 4.69) is 25.6 Å².